The lowest BCUT2D eigenvalue weighted by Crippen LogP contribution is -2.34. The molecule has 1 aromatic rings. The molecular weight excluding hydrogens is 332 g/mol. The fraction of sp³-hybridized carbons (Fsp3) is 0.737. The van der Waals surface area contributed by atoms with Crippen molar-refractivity contribution in [2.75, 3.05) is 33.8 Å². The van der Waals surface area contributed by atoms with Gasteiger partial charge in [-0.2, -0.15) is 0 Å². The molecule has 0 aliphatic carbocycles. The number of aromatic nitrogens is 2. The van der Waals surface area contributed by atoms with E-state index in [0.717, 1.165) is 38.2 Å². The Morgan fingerprint density at radius 2 is 2.15 bits per heavy atom. The fourth-order valence-corrected chi connectivity index (χ4v) is 3.15. The molecule has 1 aromatic heterocycles. The second-order valence-electron chi connectivity index (χ2n) is 7.11. The van der Waals surface area contributed by atoms with E-state index in [-0.39, 0.29) is 11.9 Å². The van der Waals surface area contributed by atoms with Crippen LogP contribution in [0.3, 0.4) is 0 Å². The first-order valence-corrected chi connectivity index (χ1v) is 9.61. The van der Waals surface area contributed by atoms with Crippen molar-refractivity contribution < 1.29 is 14.3 Å². The average molecular weight is 364 g/mol. The Hall–Kier alpha value is -1.89. The van der Waals surface area contributed by atoms with Gasteiger partial charge < -0.3 is 19.1 Å². The molecule has 0 saturated carbocycles. The summed E-state index contributed by atoms with van der Waals surface area (Å²) in [7, 11) is 4.12. The number of ether oxygens (including phenoxy) is 1. The molecule has 2 rings (SSSR count). The average Bonchev–Trinajstić information content (AvgIpc) is 3.27. The first-order valence-electron chi connectivity index (χ1n) is 9.61. The van der Waals surface area contributed by atoms with Gasteiger partial charge in [-0.3, -0.25) is 9.59 Å². The Balaban J connectivity index is 1.74. The highest BCUT2D eigenvalue weighted by atomic mass is 16.5. The van der Waals surface area contributed by atoms with Crippen molar-refractivity contribution in [1.29, 1.82) is 0 Å². The van der Waals surface area contributed by atoms with Crippen LogP contribution in [0.4, 0.5) is 0 Å². The van der Waals surface area contributed by atoms with Crippen LogP contribution in [0, 0.1) is 0 Å². The van der Waals surface area contributed by atoms with Crippen LogP contribution in [0.1, 0.15) is 44.9 Å². The standard InChI is InChI=1S/C19H32N4O3/c1-4-5-14-26-19(25)9-12-22-13-10-20-17(22)6-7-18(24)23-11-8-16(15-23)21(2)3/h10,13,16H,4-9,11-12,14-15H2,1-3H3. The van der Waals surface area contributed by atoms with Crippen LogP contribution in [0.25, 0.3) is 0 Å². The minimum atomic E-state index is -0.180. The van der Waals surface area contributed by atoms with E-state index in [0.29, 0.717) is 38.5 Å². The van der Waals surface area contributed by atoms with E-state index >= 15 is 0 Å². The number of carbonyl (C=O) groups excluding carboxylic acids is 2. The van der Waals surface area contributed by atoms with Crippen LogP contribution in [0.15, 0.2) is 12.4 Å². The van der Waals surface area contributed by atoms with Crippen molar-refractivity contribution in [2.24, 2.45) is 0 Å². The SMILES string of the molecule is CCCCOC(=O)CCn1ccnc1CCC(=O)N1CCC(N(C)C)C1. The number of amides is 1. The third-order valence-electron chi connectivity index (χ3n) is 4.93. The lowest BCUT2D eigenvalue weighted by Gasteiger charge is -2.20. The Morgan fingerprint density at radius 3 is 2.85 bits per heavy atom. The van der Waals surface area contributed by atoms with Crippen LogP contribution < -0.4 is 0 Å². The van der Waals surface area contributed by atoms with Crippen LogP contribution in [0.5, 0.6) is 0 Å². The molecule has 1 amide bonds. The molecule has 1 aliphatic rings. The third kappa shape index (κ3) is 6.12. The smallest absolute Gasteiger partial charge is 0.307 e. The Labute approximate surface area is 156 Å². The maximum absolute atomic E-state index is 12.4. The molecule has 0 spiro atoms. The van der Waals surface area contributed by atoms with Crippen LogP contribution in [0.2, 0.25) is 0 Å². The van der Waals surface area contributed by atoms with Crippen molar-refractivity contribution in [2.45, 2.75) is 58.0 Å². The van der Waals surface area contributed by atoms with E-state index in [9.17, 15) is 9.59 Å². The molecule has 7 heteroatoms. The molecule has 1 unspecified atom stereocenters. The van der Waals surface area contributed by atoms with E-state index < -0.39 is 0 Å². The van der Waals surface area contributed by atoms with E-state index in [1.807, 2.05) is 15.7 Å². The quantitative estimate of drug-likeness (QED) is 0.467. The van der Waals surface area contributed by atoms with E-state index in [1.54, 1.807) is 6.20 Å². The van der Waals surface area contributed by atoms with Gasteiger partial charge in [-0.05, 0) is 26.9 Å². The van der Waals surface area contributed by atoms with Crippen LogP contribution in [-0.4, -0.2) is 71.1 Å². The van der Waals surface area contributed by atoms with E-state index in [1.165, 1.54) is 0 Å². The number of nitrogens with zero attached hydrogens (tertiary/aromatic N) is 4. The third-order valence-corrected chi connectivity index (χ3v) is 4.93. The first-order chi connectivity index (χ1) is 12.5. The Kier molecular flexibility index (Phi) is 8.09. The van der Waals surface area contributed by atoms with Crippen molar-refractivity contribution in [3.63, 3.8) is 0 Å². The summed E-state index contributed by atoms with van der Waals surface area (Å²) in [5.41, 5.74) is 0. The summed E-state index contributed by atoms with van der Waals surface area (Å²) in [6.07, 6.45) is 7.91. The molecule has 2 heterocycles. The second-order valence-corrected chi connectivity index (χ2v) is 7.11. The van der Waals surface area contributed by atoms with Gasteiger partial charge in [0.2, 0.25) is 5.91 Å². The van der Waals surface area contributed by atoms with Gasteiger partial charge in [-0.1, -0.05) is 13.3 Å². The molecule has 26 heavy (non-hydrogen) atoms. The van der Waals surface area contributed by atoms with Crippen molar-refractivity contribution >= 4 is 11.9 Å². The minimum absolute atomic E-state index is 0.180. The highest BCUT2D eigenvalue weighted by molar-refractivity contribution is 5.76. The highest BCUT2D eigenvalue weighted by Crippen LogP contribution is 2.15. The number of likely N-dealkylation sites (tertiary alicyclic amines) is 1. The summed E-state index contributed by atoms with van der Waals surface area (Å²) < 4.78 is 7.12. The molecule has 1 atom stereocenters. The lowest BCUT2D eigenvalue weighted by molar-refractivity contribution is -0.144. The monoisotopic (exact) mass is 364 g/mol. The number of carbonyl (C=O) groups is 2. The topological polar surface area (TPSA) is 67.7 Å². The van der Waals surface area contributed by atoms with E-state index in [2.05, 4.69) is 30.9 Å². The number of likely N-dealkylation sites (N-methyl/N-ethyl adjacent to an activating group) is 1. The van der Waals surface area contributed by atoms with Gasteiger partial charge in [-0.15, -0.1) is 0 Å². The molecule has 146 valence electrons. The fourth-order valence-electron chi connectivity index (χ4n) is 3.15. The van der Waals surface area contributed by atoms with Gasteiger partial charge in [-0.25, -0.2) is 4.98 Å². The predicted molar refractivity (Wildman–Crippen MR) is 99.7 cm³/mol. The van der Waals surface area contributed by atoms with Crippen molar-refractivity contribution in [3.8, 4) is 0 Å². The van der Waals surface area contributed by atoms with Crippen LogP contribution >= 0.6 is 0 Å². The Morgan fingerprint density at radius 1 is 1.35 bits per heavy atom. The summed E-state index contributed by atoms with van der Waals surface area (Å²) in [6, 6.07) is 0.458. The number of hydrogen-bond acceptors (Lipinski definition) is 5. The molecule has 1 fully saturated rings. The second kappa shape index (κ2) is 10.3. The molecule has 0 radical (unpaired) electrons. The Bertz CT molecular complexity index is 585. The van der Waals surface area contributed by atoms with Gasteiger partial charge >= 0.3 is 5.97 Å². The summed E-state index contributed by atoms with van der Waals surface area (Å²) >= 11 is 0. The maximum Gasteiger partial charge on any atom is 0.307 e. The highest BCUT2D eigenvalue weighted by Gasteiger charge is 2.27. The van der Waals surface area contributed by atoms with Gasteiger partial charge in [0.05, 0.1) is 13.0 Å². The molecular formula is C19H32N4O3. The number of aryl methyl sites for hydroxylation is 2. The van der Waals surface area contributed by atoms with Gasteiger partial charge in [0, 0.05) is 50.9 Å². The number of esters is 1. The summed E-state index contributed by atoms with van der Waals surface area (Å²) in [4.78, 5) is 32.6. The van der Waals surface area contributed by atoms with Gasteiger partial charge in [0.25, 0.3) is 0 Å². The number of imidazole rings is 1. The molecule has 1 aliphatic heterocycles. The van der Waals surface area contributed by atoms with E-state index in [4.69, 9.17) is 4.74 Å². The molecule has 0 N–H and O–H groups in total. The molecule has 1 saturated heterocycles. The lowest BCUT2D eigenvalue weighted by atomic mass is 10.2. The first kappa shape index (κ1) is 20.4. The van der Waals surface area contributed by atoms with Gasteiger partial charge in [0.15, 0.2) is 0 Å². The summed E-state index contributed by atoms with van der Waals surface area (Å²) in [5.74, 6) is 0.854. The zero-order chi connectivity index (χ0) is 18.9. The van der Waals surface area contributed by atoms with Gasteiger partial charge in [0.1, 0.15) is 5.82 Å². The molecule has 0 aromatic carbocycles. The van der Waals surface area contributed by atoms with Crippen molar-refractivity contribution in [3.05, 3.63) is 18.2 Å². The minimum Gasteiger partial charge on any atom is -0.466 e. The zero-order valence-corrected chi connectivity index (χ0v) is 16.3. The molecule has 7 nitrogen and oxygen atoms in total. The normalized spacial score (nSPS) is 17.1. The number of rotatable bonds is 10. The van der Waals surface area contributed by atoms with Crippen LogP contribution in [-0.2, 0) is 27.3 Å². The number of hydrogen-bond donors (Lipinski definition) is 0. The summed E-state index contributed by atoms with van der Waals surface area (Å²) in [5, 5.41) is 0. The predicted octanol–water partition coefficient (Wildman–Crippen LogP) is 1.71. The zero-order valence-electron chi connectivity index (χ0n) is 16.3. The molecule has 0 bridgehead atoms. The maximum atomic E-state index is 12.4. The summed E-state index contributed by atoms with van der Waals surface area (Å²) in [6.45, 7) is 4.74. The van der Waals surface area contributed by atoms with Crippen molar-refractivity contribution in [1.82, 2.24) is 19.4 Å². The number of unbranched alkanes of at least 4 members (excludes halogenated alkanes) is 1. The largest absolute Gasteiger partial charge is 0.466 e.